The number of carbonyl (C=O) groups excluding carboxylic acids is 1. The van der Waals surface area contributed by atoms with Crippen LogP contribution in [-0.2, 0) is 4.79 Å². The predicted molar refractivity (Wildman–Crippen MR) is 50.4 cm³/mol. The summed E-state index contributed by atoms with van der Waals surface area (Å²) in [4.78, 5) is 11.1. The number of hydrogen-bond acceptors (Lipinski definition) is 1. The fraction of sp³-hybridized carbons (Fsp3) is 0.700. The van der Waals surface area contributed by atoms with E-state index in [9.17, 15) is 22.4 Å². The van der Waals surface area contributed by atoms with Crippen molar-refractivity contribution in [3.05, 3.63) is 12.2 Å². The lowest BCUT2D eigenvalue weighted by molar-refractivity contribution is -0.136. The molecular formula is C10H13F4NO. The molecule has 1 aliphatic carbocycles. The summed E-state index contributed by atoms with van der Waals surface area (Å²) in [6, 6.07) is 0. The summed E-state index contributed by atoms with van der Waals surface area (Å²) in [6.45, 7) is -1.31. The first-order valence-electron chi connectivity index (χ1n) is 5.01. The number of alkyl halides is 4. The topological polar surface area (TPSA) is 29.1 Å². The van der Waals surface area contributed by atoms with Crippen LogP contribution < -0.4 is 5.32 Å². The molecule has 0 spiro atoms. The number of carbonyl (C=O) groups is 1. The second-order valence-corrected chi connectivity index (χ2v) is 3.81. The minimum Gasteiger partial charge on any atom is -0.350 e. The monoisotopic (exact) mass is 239 g/mol. The number of halogens is 4. The van der Waals surface area contributed by atoms with Crippen LogP contribution in [0.2, 0.25) is 0 Å². The lowest BCUT2D eigenvalue weighted by Gasteiger charge is -2.16. The largest absolute Gasteiger partial charge is 0.350 e. The van der Waals surface area contributed by atoms with Crippen molar-refractivity contribution >= 4 is 5.91 Å². The Morgan fingerprint density at radius 2 is 2.19 bits per heavy atom. The summed E-state index contributed by atoms with van der Waals surface area (Å²) in [5.41, 5.74) is 0. The summed E-state index contributed by atoms with van der Waals surface area (Å²) in [5.74, 6) is -4.72. The normalized spacial score (nSPS) is 20.4. The molecule has 92 valence electrons. The van der Waals surface area contributed by atoms with Gasteiger partial charge < -0.3 is 5.32 Å². The quantitative estimate of drug-likeness (QED) is 0.579. The molecule has 0 aromatic rings. The number of rotatable bonds is 5. The lowest BCUT2D eigenvalue weighted by atomic mass is 10.1. The van der Waals surface area contributed by atoms with Gasteiger partial charge in [-0.2, -0.15) is 8.78 Å². The van der Waals surface area contributed by atoms with E-state index in [1.54, 1.807) is 0 Å². The first kappa shape index (κ1) is 13.0. The van der Waals surface area contributed by atoms with Gasteiger partial charge >= 0.3 is 12.3 Å². The highest BCUT2D eigenvalue weighted by atomic mass is 19.3. The number of nitrogens with one attached hydrogen (secondary N) is 1. The van der Waals surface area contributed by atoms with Gasteiger partial charge in [-0.1, -0.05) is 12.2 Å². The Morgan fingerprint density at radius 1 is 1.50 bits per heavy atom. The van der Waals surface area contributed by atoms with E-state index < -0.39 is 24.8 Å². The minimum atomic E-state index is -4.15. The Balaban J connectivity index is 2.27. The molecule has 0 aliphatic heterocycles. The van der Waals surface area contributed by atoms with Crippen molar-refractivity contribution in [1.82, 2.24) is 5.32 Å². The molecule has 0 fully saturated rings. The molecule has 0 aromatic heterocycles. The zero-order valence-corrected chi connectivity index (χ0v) is 8.56. The van der Waals surface area contributed by atoms with Crippen molar-refractivity contribution < 1.29 is 22.4 Å². The Morgan fingerprint density at radius 3 is 2.69 bits per heavy atom. The molecule has 16 heavy (non-hydrogen) atoms. The van der Waals surface area contributed by atoms with E-state index in [4.69, 9.17) is 0 Å². The maximum Gasteiger partial charge on any atom is 0.324 e. The van der Waals surface area contributed by atoms with Gasteiger partial charge in [-0.3, -0.25) is 4.79 Å². The molecule has 0 unspecified atom stereocenters. The van der Waals surface area contributed by atoms with Gasteiger partial charge in [0.15, 0.2) is 0 Å². The summed E-state index contributed by atoms with van der Waals surface area (Å²) >= 11 is 0. The van der Waals surface area contributed by atoms with Crippen LogP contribution >= 0.6 is 0 Å². The second-order valence-electron chi connectivity index (χ2n) is 3.81. The first-order valence-corrected chi connectivity index (χ1v) is 5.01. The molecule has 0 radical (unpaired) electrons. The molecule has 1 rings (SSSR count). The molecule has 2 nitrogen and oxygen atoms in total. The molecule has 0 saturated carbocycles. The third-order valence-corrected chi connectivity index (χ3v) is 2.40. The van der Waals surface area contributed by atoms with Crippen LogP contribution in [0.3, 0.4) is 0 Å². The summed E-state index contributed by atoms with van der Waals surface area (Å²) in [7, 11) is 0. The van der Waals surface area contributed by atoms with E-state index in [-0.39, 0.29) is 12.3 Å². The van der Waals surface area contributed by atoms with Crippen LogP contribution in [0.25, 0.3) is 0 Å². The van der Waals surface area contributed by atoms with Crippen molar-refractivity contribution in [1.29, 1.82) is 0 Å². The fourth-order valence-electron chi connectivity index (χ4n) is 1.47. The highest BCUT2D eigenvalue weighted by Crippen LogP contribution is 2.22. The van der Waals surface area contributed by atoms with Gasteiger partial charge in [0.2, 0.25) is 5.91 Å². The van der Waals surface area contributed by atoms with E-state index in [0.717, 1.165) is 12.8 Å². The van der Waals surface area contributed by atoms with Gasteiger partial charge in [0.1, 0.15) is 0 Å². The highest BCUT2D eigenvalue weighted by molar-refractivity contribution is 5.76. The van der Waals surface area contributed by atoms with Gasteiger partial charge in [-0.15, -0.1) is 0 Å². The molecule has 0 bridgehead atoms. The van der Waals surface area contributed by atoms with E-state index in [0.29, 0.717) is 0 Å². The fourth-order valence-corrected chi connectivity index (χ4v) is 1.47. The SMILES string of the molecule is O=C(C[C@@H]1C=CCC1)NCC(F)(F)C(F)F. The first-order chi connectivity index (χ1) is 7.42. The van der Waals surface area contributed by atoms with Crippen molar-refractivity contribution in [3.8, 4) is 0 Å². The van der Waals surface area contributed by atoms with E-state index in [2.05, 4.69) is 0 Å². The molecule has 1 N–H and O–H groups in total. The molecule has 1 amide bonds. The zero-order valence-electron chi connectivity index (χ0n) is 8.56. The smallest absolute Gasteiger partial charge is 0.324 e. The van der Waals surface area contributed by atoms with Crippen LogP contribution in [0.4, 0.5) is 17.6 Å². The average Bonchev–Trinajstić information content (AvgIpc) is 2.67. The van der Waals surface area contributed by atoms with E-state index in [1.807, 2.05) is 17.5 Å². The second kappa shape index (κ2) is 5.32. The highest BCUT2D eigenvalue weighted by Gasteiger charge is 2.40. The third-order valence-electron chi connectivity index (χ3n) is 2.40. The summed E-state index contributed by atoms with van der Waals surface area (Å²) < 4.78 is 48.4. The number of allylic oxidation sites excluding steroid dienone is 2. The van der Waals surface area contributed by atoms with Gasteiger partial charge in [-0.25, -0.2) is 8.78 Å². The average molecular weight is 239 g/mol. The van der Waals surface area contributed by atoms with E-state index in [1.165, 1.54) is 0 Å². The molecule has 0 saturated heterocycles. The van der Waals surface area contributed by atoms with E-state index >= 15 is 0 Å². The number of hydrogen-bond donors (Lipinski definition) is 1. The molecule has 0 heterocycles. The lowest BCUT2D eigenvalue weighted by Crippen LogP contribution is -2.41. The van der Waals surface area contributed by atoms with Crippen molar-refractivity contribution in [3.63, 3.8) is 0 Å². The van der Waals surface area contributed by atoms with Crippen molar-refractivity contribution in [2.75, 3.05) is 6.54 Å². The Kier molecular flexibility index (Phi) is 4.32. The molecular weight excluding hydrogens is 226 g/mol. The van der Waals surface area contributed by atoms with Gasteiger partial charge in [0.05, 0.1) is 6.54 Å². The molecule has 6 heteroatoms. The van der Waals surface area contributed by atoms with Crippen LogP contribution in [0, 0.1) is 5.92 Å². The molecule has 1 aliphatic rings. The molecule has 1 atom stereocenters. The summed E-state index contributed by atoms with van der Waals surface area (Å²) in [6.07, 6.45) is 1.75. The van der Waals surface area contributed by atoms with Gasteiger partial charge in [-0.05, 0) is 18.8 Å². The maximum atomic E-state index is 12.4. The van der Waals surface area contributed by atoms with Crippen LogP contribution in [0.1, 0.15) is 19.3 Å². The maximum absolute atomic E-state index is 12.4. The van der Waals surface area contributed by atoms with Crippen LogP contribution in [-0.4, -0.2) is 24.8 Å². The Bertz CT molecular complexity index is 278. The Hall–Kier alpha value is -1.07. The standard InChI is InChI=1S/C10H13F4NO/c11-9(12)10(13,14)6-15-8(16)5-7-3-1-2-4-7/h1,3,7,9H,2,4-6H2,(H,15,16)/t7-/m1/s1. The summed E-state index contributed by atoms with van der Waals surface area (Å²) in [5, 5.41) is 1.83. The number of amides is 1. The van der Waals surface area contributed by atoms with Gasteiger partial charge in [0, 0.05) is 6.42 Å². The minimum absolute atomic E-state index is 0.0418. The van der Waals surface area contributed by atoms with Crippen molar-refractivity contribution in [2.24, 2.45) is 5.92 Å². The predicted octanol–water partition coefficient (Wildman–Crippen LogP) is 2.36. The third kappa shape index (κ3) is 3.83. The Labute approximate surface area is 90.7 Å². The molecule has 0 aromatic carbocycles. The van der Waals surface area contributed by atoms with Crippen LogP contribution in [0.5, 0.6) is 0 Å². The van der Waals surface area contributed by atoms with Gasteiger partial charge in [0.25, 0.3) is 0 Å². The zero-order chi connectivity index (χ0) is 12.2. The van der Waals surface area contributed by atoms with Crippen LogP contribution in [0.15, 0.2) is 12.2 Å². The van der Waals surface area contributed by atoms with Crippen molar-refractivity contribution in [2.45, 2.75) is 31.6 Å².